The minimum absolute atomic E-state index is 0.0474. The molecule has 0 saturated heterocycles. The molecule has 9 unspecified atom stereocenters. The zero-order valence-corrected chi connectivity index (χ0v) is 67.7. The van der Waals surface area contributed by atoms with Crippen molar-refractivity contribution in [1.82, 2.24) is 0 Å². The summed E-state index contributed by atoms with van der Waals surface area (Å²) < 4.78 is 49.6. The van der Waals surface area contributed by atoms with Gasteiger partial charge < -0.3 is 33.2 Å². The Bertz CT molecular complexity index is 4330. The summed E-state index contributed by atoms with van der Waals surface area (Å²) in [5.41, 5.74) is 10.6. The lowest BCUT2D eigenvalue weighted by atomic mass is 9.61. The van der Waals surface area contributed by atoms with Crippen LogP contribution in [-0.4, -0.2) is 54.0 Å². The van der Waals surface area contributed by atoms with Crippen LogP contribution in [0.1, 0.15) is 291 Å². The number of para-hydroxylation sites is 7. The number of fused-ring (bicyclic) bond motifs is 13. The van der Waals surface area contributed by atoms with Gasteiger partial charge in [0.1, 0.15) is 40.2 Å². The first-order chi connectivity index (χ1) is 47.4. The zero-order chi connectivity index (χ0) is 75.3. The Kier molecular flexibility index (Phi) is 20.7. The molecule has 0 amide bonds. The van der Waals surface area contributed by atoms with Gasteiger partial charge >= 0.3 is 0 Å². The third-order valence-electron chi connectivity index (χ3n) is 22.3. The summed E-state index contributed by atoms with van der Waals surface area (Å²) in [4.78, 5) is 17.0. The van der Waals surface area contributed by atoms with Gasteiger partial charge in [0.15, 0.2) is 5.60 Å². The molecule has 0 fully saturated rings. The molecule has 7 aromatic rings. The largest absolute Gasteiger partial charge is 0.496 e. The summed E-state index contributed by atoms with van der Waals surface area (Å²) in [6.07, 6.45) is 6.21. The van der Waals surface area contributed by atoms with Gasteiger partial charge in [0.2, 0.25) is 5.78 Å². The summed E-state index contributed by atoms with van der Waals surface area (Å²) in [6.45, 7) is 55.3. The fraction of sp³-hybridized carbons (Fsp3) is 0.500. The number of Topliss-reactive ketones (excluding diaryl/α,β-unsaturated/α-hetero) is 1. The highest BCUT2D eigenvalue weighted by atomic mass is 16.5. The number of rotatable bonds is 6. The first-order valence-electron chi connectivity index (χ1n) is 37.2. The lowest BCUT2D eigenvalue weighted by molar-refractivity contribution is -0.129. The van der Waals surface area contributed by atoms with Gasteiger partial charge in [-0.05, 0) is 49.4 Å². The van der Waals surface area contributed by atoms with Gasteiger partial charge in [-0.15, -0.1) is 0 Å². The average Bonchev–Trinajstić information content (AvgIpc) is 1.51. The van der Waals surface area contributed by atoms with E-state index in [1.54, 1.807) is 7.11 Å². The number of hydrogen-bond acceptors (Lipinski definition) is 8. The van der Waals surface area contributed by atoms with E-state index in [1.807, 2.05) is 35.5 Å². The van der Waals surface area contributed by atoms with Crippen LogP contribution in [-0.2, 0) is 4.79 Å². The molecule has 8 nitrogen and oxygen atoms in total. The molecule has 1 aliphatic carbocycles. The van der Waals surface area contributed by atoms with Gasteiger partial charge in [0.05, 0.1) is 42.7 Å². The van der Waals surface area contributed by atoms with E-state index in [4.69, 9.17) is 33.2 Å². The van der Waals surface area contributed by atoms with E-state index in [1.165, 1.54) is 0 Å². The zero-order valence-electron chi connectivity index (χ0n) is 67.7. The van der Waals surface area contributed by atoms with Crippen LogP contribution in [0.2, 0.25) is 0 Å². The number of carbonyl (C=O) groups excluding carboxylic acids is 1. The lowest BCUT2D eigenvalue weighted by Gasteiger charge is -2.43. The minimum atomic E-state index is -1.40. The number of ether oxygens (including phenoxy) is 7. The molecule has 0 aromatic heterocycles. The van der Waals surface area contributed by atoms with Crippen LogP contribution in [0, 0.1) is 43.3 Å². The maximum atomic E-state index is 17.0. The van der Waals surface area contributed by atoms with Crippen LogP contribution < -0.4 is 33.2 Å². The van der Waals surface area contributed by atoms with Crippen molar-refractivity contribution in [3.8, 4) is 40.2 Å². The van der Waals surface area contributed by atoms with Gasteiger partial charge in [-0.3, -0.25) is 4.79 Å². The molecule has 10 rings (SSSR count). The first kappa shape index (κ1) is 76.9. The maximum absolute atomic E-state index is 17.0. The van der Waals surface area contributed by atoms with Gasteiger partial charge in [-0.25, -0.2) is 0 Å². The molecule has 0 saturated carbocycles. The minimum Gasteiger partial charge on any atom is -0.496 e. The molecule has 2 heterocycles. The van der Waals surface area contributed by atoms with E-state index in [-0.39, 0.29) is 68.9 Å². The predicted octanol–water partition coefficient (Wildman–Crippen LogP) is 24.3. The van der Waals surface area contributed by atoms with Crippen LogP contribution >= 0.6 is 0 Å². The predicted molar refractivity (Wildman–Crippen MR) is 422 cm³/mol. The summed E-state index contributed by atoms with van der Waals surface area (Å²) in [5, 5.41) is 0. The molecule has 2 aliphatic heterocycles. The molecule has 0 radical (unpaired) electrons. The van der Waals surface area contributed by atoms with Crippen molar-refractivity contribution in [3.63, 3.8) is 0 Å². The number of methoxy groups -OCH3 is 6. The monoisotopic (exact) mass is 1380 g/mol. The molecule has 8 heteroatoms. The third-order valence-corrected chi connectivity index (χ3v) is 22.3. The molecular weight excluding hydrogens is 1260 g/mol. The Morgan fingerprint density at radius 1 is 0.275 bits per heavy atom. The van der Waals surface area contributed by atoms with E-state index in [0.717, 1.165) is 118 Å². The van der Waals surface area contributed by atoms with Crippen LogP contribution in [0.15, 0.2) is 151 Å². The van der Waals surface area contributed by atoms with E-state index < -0.39 is 33.2 Å². The summed E-state index contributed by atoms with van der Waals surface area (Å²) >= 11 is 0. The standard InChI is InChI=1S/C94H122O8/c1-86(2,3)70-55-39-31-41-57(77(55)96-25)71(87(4,5)6)59-43-33-45-61(79(59)98-27)73(89(10,11)12)63-47-35-49-65(81(63)100-29)75(91(16,17)18)67-51-37-52-69-83(67)102-94(84(69)93(22,23)24)54-38-53-68(85(94)95)76(92(19,20)21)66-50-36-48-64(82(66)101-30)74(90(13,14)15)62-46-34-44-60(80(62)99-28)72(88(7,8)9)58-42-32-40-56(70)78(58)97-26/h31-54,70-76,84H,1-30H3. The Balaban J connectivity index is 1.35. The second-order valence-corrected chi connectivity index (χ2v) is 38.2. The van der Waals surface area contributed by atoms with Crippen LogP contribution in [0.4, 0.5) is 0 Å². The van der Waals surface area contributed by atoms with Crippen molar-refractivity contribution < 1.29 is 38.0 Å². The normalized spacial score (nSPS) is 22.2. The van der Waals surface area contributed by atoms with Gasteiger partial charge in [0.25, 0.3) is 0 Å². The molecular formula is C94H122O8. The molecule has 546 valence electrons. The highest BCUT2D eigenvalue weighted by Crippen LogP contribution is 2.64. The van der Waals surface area contributed by atoms with Crippen molar-refractivity contribution in [2.24, 2.45) is 43.3 Å². The Hall–Kier alpha value is -7.71. The van der Waals surface area contributed by atoms with E-state index in [2.05, 4.69) is 312 Å². The highest BCUT2D eigenvalue weighted by molar-refractivity contribution is 6.08. The number of carbonyl (C=O) groups is 1. The Morgan fingerprint density at radius 3 is 0.676 bits per heavy atom. The third kappa shape index (κ3) is 13.5. The van der Waals surface area contributed by atoms with Crippen molar-refractivity contribution in [2.75, 3.05) is 42.7 Å². The number of ketones is 1. The second-order valence-electron chi connectivity index (χ2n) is 38.2. The van der Waals surface area contributed by atoms with Crippen LogP contribution in [0.25, 0.3) is 0 Å². The average molecular weight is 1380 g/mol. The van der Waals surface area contributed by atoms with Gasteiger partial charge in [-0.2, -0.15) is 0 Å². The molecule has 0 N–H and O–H groups in total. The summed E-state index contributed by atoms with van der Waals surface area (Å²) in [5.74, 6) is 3.29. The number of benzene rings is 7. The van der Waals surface area contributed by atoms with E-state index in [0.29, 0.717) is 5.57 Å². The summed E-state index contributed by atoms with van der Waals surface area (Å²) in [7, 11) is 10.9. The molecule has 9 atom stereocenters. The van der Waals surface area contributed by atoms with E-state index in [9.17, 15) is 0 Å². The topological polar surface area (TPSA) is 81.7 Å². The summed E-state index contributed by atoms with van der Waals surface area (Å²) in [6, 6.07) is 46.8. The lowest BCUT2D eigenvalue weighted by Crippen LogP contribution is -2.51. The molecule has 3 aliphatic rings. The van der Waals surface area contributed by atoms with Crippen molar-refractivity contribution in [1.29, 1.82) is 0 Å². The second kappa shape index (κ2) is 27.4. The van der Waals surface area contributed by atoms with Gasteiger partial charge in [-0.1, -0.05) is 306 Å². The quantitative estimate of drug-likeness (QED) is 0.163. The van der Waals surface area contributed by atoms with Crippen LogP contribution in [0.5, 0.6) is 40.2 Å². The highest BCUT2D eigenvalue weighted by Gasteiger charge is 2.60. The maximum Gasteiger partial charge on any atom is 0.207 e. The Labute approximate surface area is 614 Å². The number of hydrogen-bond donors (Lipinski definition) is 0. The van der Waals surface area contributed by atoms with Crippen molar-refractivity contribution in [3.05, 3.63) is 229 Å². The van der Waals surface area contributed by atoms with Crippen molar-refractivity contribution in [2.45, 2.75) is 219 Å². The smallest absolute Gasteiger partial charge is 0.207 e. The van der Waals surface area contributed by atoms with Gasteiger partial charge in [0, 0.05) is 131 Å². The fourth-order valence-electron chi connectivity index (χ4n) is 19.2. The Morgan fingerprint density at radius 2 is 0.471 bits per heavy atom. The SMILES string of the molecule is COc1c2cccc1C(C(C)(C)C)c1cccc(c1OC)C(C(C)(C)C)c1cccc(c1OC)C(C(C)(C)C)c1cccc(c1OC)C(C(C)(C)C)c1cccc(c1OC)C(C(C)(C)C)c1cccc(c1OC)C(C(C)(C)C)c1cccc3c1OC1(C=CC=C(C1=O)C2C(C)(C)C)C3C(C)(C)C. The molecule has 15 bridgehead atoms. The van der Waals surface area contributed by atoms with Crippen LogP contribution in [0.3, 0.4) is 0 Å². The number of allylic oxidation sites excluding steroid dienone is 2. The van der Waals surface area contributed by atoms with E-state index >= 15 is 4.79 Å². The molecule has 1 spiro atoms. The first-order valence-corrected chi connectivity index (χ1v) is 37.2. The molecule has 102 heavy (non-hydrogen) atoms. The van der Waals surface area contributed by atoms with Crippen molar-refractivity contribution >= 4 is 5.78 Å². The molecule has 7 aromatic carbocycles. The fourth-order valence-corrected chi connectivity index (χ4v) is 19.2.